The summed E-state index contributed by atoms with van der Waals surface area (Å²) >= 11 is 0. The summed E-state index contributed by atoms with van der Waals surface area (Å²) in [5.41, 5.74) is 10.4. The van der Waals surface area contributed by atoms with Crippen molar-refractivity contribution in [3.05, 3.63) is 53.6 Å². The SMILES string of the molecule is CCOc1cc(/C=N/NC(=O)C2CC(c3ccccc3OCC)NN2)ccc1O. The molecule has 0 aliphatic carbocycles. The number of hydrogen-bond donors (Lipinski definition) is 4. The number of rotatable bonds is 8. The number of aromatic hydroxyl groups is 1. The van der Waals surface area contributed by atoms with E-state index in [0.29, 0.717) is 30.9 Å². The van der Waals surface area contributed by atoms with Crippen molar-refractivity contribution in [2.45, 2.75) is 32.4 Å². The van der Waals surface area contributed by atoms with Crippen LogP contribution in [0.25, 0.3) is 0 Å². The van der Waals surface area contributed by atoms with Crippen molar-refractivity contribution in [1.82, 2.24) is 16.3 Å². The van der Waals surface area contributed by atoms with Crippen molar-refractivity contribution >= 4 is 12.1 Å². The molecule has 0 saturated carbocycles. The molecule has 29 heavy (non-hydrogen) atoms. The molecular weight excluding hydrogens is 372 g/mol. The van der Waals surface area contributed by atoms with Crippen LogP contribution in [0.15, 0.2) is 47.6 Å². The number of hydrazine groups is 1. The first-order valence-corrected chi connectivity index (χ1v) is 9.63. The summed E-state index contributed by atoms with van der Waals surface area (Å²) in [5, 5.41) is 13.7. The van der Waals surface area contributed by atoms with E-state index < -0.39 is 6.04 Å². The highest BCUT2D eigenvalue weighted by molar-refractivity contribution is 5.85. The summed E-state index contributed by atoms with van der Waals surface area (Å²) < 4.78 is 11.0. The van der Waals surface area contributed by atoms with Crippen LogP contribution in [0.2, 0.25) is 0 Å². The maximum Gasteiger partial charge on any atom is 0.258 e. The van der Waals surface area contributed by atoms with E-state index in [9.17, 15) is 9.90 Å². The Labute approximate surface area is 169 Å². The number of carbonyl (C=O) groups excluding carboxylic acids is 1. The molecule has 1 aliphatic heterocycles. The Morgan fingerprint density at radius 3 is 2.72 bits per heavy atom. The number of benzene rings is 2. The third-order valence-electron chi connectivity index (χ3n) is 4.49. The lowest BCUT2D eigenvalue weighted by molar-refractivity contribution is -0.122. The van der Waals surface area contributed by atoms with Gasteiger partial charge >= 0.3 is 0 Å². The predicted octanol–water partition coefficient (Wildman–Crippen LogP) is 2.25. The molecule has 1 aliphatic rings. The van der Waals surface area contributed by atoms with Gasteiger partial charge in [0.05, 0.1) is 25.5 Å². The largest absolute Gasteiger partial charge is 0.504 e. The van der Waals surface area contributed by atoms with Crippen molar-refractivity contribution in [3.8, 4) is 17.2 Å². The van der Waals surface area contributed by atoms with Crippen molar-refractivity contribution in [3.63, 3.8) is 0 Å². The van der Waals surface area contributed by atoms with Crippen LogP contribution in [-0.4, -0.2) is 36.5 Å². The molecule has 8 heteroatoms. The molecule has 2 unspecified atom stereocenters. The second-order valence-electron chi connectivity index (χ2n) is 6.49. The van der Waals surface area contributed by atoms with Gasteiger partial charge in [-0.1, -0.05) is 18.2 Å². The number of phenols is 1. The molecule has 8 nitrogen and oxygen atoms in total. The molecule has 154 valence electrons. The third-order valence-corrected chi connectivity index (χ3v) is 4.49. The van der Waals surface area contributed by atoms with E-state index in [1.807, 2.05) is 38.1 Å². The second kappa shape index (κ2) is 9.90. The van der Waals surface area contributed by atoms with E-state index in [4.69, 9.17) is 9.47 Å². The van der Waals surface area contributed by atoms with Gasteiger partial charge in [-0.2, -0.15) is 5.10 Å². The van der Waals surface area contributed by atoms with E-state index in [-0.39, 0.29) is 17.7 Å². The fourth-order valence-electron chi connectivity index (χ4n) is 3.12. The van der Waals surface area contributed by atoms with Gasteiger partial charge in [-0.25, -0.2) is 16.3 Å². The fraction of sp³-hybridized carbons (Fsp3) is 0.333. The minimum absolute atomic E-state index is 0.0386. The average Bonchev–Trinajstić information content (AvgIpc) is 3.21. The first kappa shape index (κ1) is 20.6. The number of hydrazone groups is 1. The molecular formula is C21H26N4O4. The van der Waals surface area contributed by atoms with Gasteiger partial charge in [0.2, 0.25) is 0 Å². The molecule has 1 heterocycles. The van der Waals surface area contributed by atoms with Crippen molar-refractivity contribution < 1.29 is 19.4 Å². The summed E-state index contributed by atoms with van der Waals surface area (Å²) in [4.78, 5) is 12.4. The number of ether oxygens (including phenoxy) is 2. The van der Waals surface area contributed by atoms with E-state index in [2.05, 4.69) is 21.4 Å². The highest BCUT2D eigenvalue weighted by atomic mass is 16.5. The maximum atomic E-state index is 12.4. The van der Waals surface area contributed by atoms with Crippen LogP contribution < -0.4 is 25.8 Å². The Kier molecular flexibility index (Phi) is 7.04. The molecule has 2 atom stereocenters. The molecule has 2 aromatic rings. The van der Waals surface area contributed by atoms with Crippen LogP contribution in [-0.2, 0) is 4.79 Å². The quantitative estimate of drug-likeness (QED) is 0.402. The zero-order valence-electron chi connectivity index (χ0n) is 16.5. The van der Waals surface area contributed by atoms with Crippen molar-refractivity contribution in [2.75, 3.05) is 13.2 Å². The molecule has 1 saturated heterocycles. The number of para-hydroxylation sites is 1. The Balaban J connectivity index is 1.57. The summed E-state index contributed by atoms with van der Waals surface area (Å²) in [6.07, 6.45) is 2.07. The van der Waals surface area contributed by atoms with E-state index in [0.717, 1.165) is 11.3 Å². The highest BCUT2D eigenvalue weighted by Gasteiger charge is 2.31. The summed E-state index contributed by atoms with van der Waals surface area (Å²) in [7, 11) is 0. The van der Waals surface area contributed by atoms with Crippen LogP contribution >= 0.6 is 0 Å². The molecule has 0 aromatic heterocycles. The Bertz CT molecular complexity index is 872. The van der Waals surface area contributed by atoms with Gasteiger partial charge in [0.1, 0.15) is 11.8 Å². The number of nitrogens with zero attached hydrogens (tertiary/aromatic N) is 1. The normalized spacial score (nSPS) is 18.7. The first-order valence-electron chi connectivity index (χ1n) is 9.63. The topological polar surface area (TPSA) is 104 Å². The van der Waals surface area contributed by atoms with Crippen molar-refractivity contribution in [2.24, 2.45) is 5.10 Å². The van der Waals surface area contributed by atoms with E-state index >= 15 is 0 Å². The van der Waals surface area contributed by atoms with E-state index in [1.54, 1.807) is 12.1 Å². The summed E-state index contributed by atoms with van der Waals surface area (Å²) in [6.45, 7) is 4.80. The number of nitrogens with one attached hydrogen (secondary N) is 3. The number of hydrogen-bond acceptors (Lipinski definition) is 7. The number of phenolic OH excluding ortho intramolecular Hbond substituents is 1. The van der Waals surface area contributed by atoms with Gasteiger partial charge in [-0.15, -0.1) is 0 Å². The molecule has 0 bridgehead atoms. The standard InChI is InChI=1S/C21H26N4O4/c1-3-28-19-8-6-5-7-15(19)16-12-17(24-23-16)21(27)25-22-13-14-9-10-18(26)20(11-14)29-4-2/h5-11,13,16-17,23-24,26H,3-4,12H2,1-2H3,(H,25,27)/b22-13+. The lowest BCUT2D eigenvalue weighted by Gasteiger charge is -2.15. The van der Waals surface area contributed by atoms with Crippen LogP contribution in [0, 0.1) is 0 Å². The van der Waals surface area contributed by atoms with Gasteiger partial charge in [0.15, 0.2) is 11.5 Å². The molecule has 2 aromatic carbocycles. The Hall–Kier alpha value is -3.10. The van der Waals surface area contributed by atoms with Crippen molar-refractivity contribution in [1.29, 1.82) is 0 Å². The minimum Gasteiger partial charge on any atom is -0.504 e. The first-order chi connectivity index (χ1) is 14.1. The number of carbonyl (C=O) groups is 1. The van der Waals surface area contributed by atoms with Gasteiger partial charge in [0.25, 0.3) is 5.91 Å². The van der Waals surface area contributed by atoms with Gasteiger partial charge in [-0.3, -0.25) is 4.79 Å². The summed E-state index contributed by atoms with van der Waals surface area (Å²) in [5.74, 6) is 1.01. The van der Waals surface area contributed by atoms with E-state index in [1.165, 1.54) is 12.3 Å². The van der Waals surface area contributed by atoms with Gasteiger partial charge < -0.3 is 14.6 Å². The fourth-order valence-corrected chi connectivity index (χ4v) is 3.12. The lowest BCUT2D eigenvalue weighted by Crippen LogP contribution is -2.41. The Morgan fingerprint density at radius 1 is 1.17 bits per heavy atom. The Morgan fingerprint density at radius 2 is 1.93 bits per heavy atom. The monoisotopic (exact) mass is 398 g/mol. The van der Waals surface area contributed by atoms with Crippen LogP contribution in [0.4, 0.5) is 0 Å². The third kappa shape index (κ3) is 5.24. The maximum absolute atomic E-state index is 12.4. The molecule has 0 spiro atoms. The van der Waals surface area contributed by atoms with Gasteiger partial charge in [-0.05, 0) is 50.1 Å². The van der Waals surface area contributed by atoms with Gasteiger partial charge in [0, 0.05) is 5.56 Å². The van der Waals surface area contributed by atoms with Crippen LogP contribution in [0.3, 0.4) is 0 Å². The zero-order valence-corrected chi connectivity index (χ0v) is 16.5. The number of amides is 1. The molecule has 1 fully saturated rings. The molecule has 1 amide bonds. The molecule has 3 rings (SSSR count). The molecule has 0 radical (unpaired) electrons. The smallest absolute Gasteiger partial charge is 0.258 e. The second-order valence-corrected chi connectivity index (χ2v) is 6.49. The minimum atomic E-state index is -0.425. The highest BCUT2D eigenvalue weighted by Crippen LogP contribution is 2.30. The summed E-state index contributed by atoms with van der Waals surface area (Å²) in [6, 6.07) is 12.2. The van der Waals surface area contributed by atoms with Crippen LogP contribution in [0.1, 0.15) is 37.4 Å². The van der Waals surface area contributed by atoms with Crippen LogP contribution in [0.5, 0.6) is 17.2 Å². The lowest BCUT2D eigenvalue weighted by atomic mass is 10.0. The molecule has 4 N–H and O–H groups in total. The zero-order chi connectivity index (χ0) is 20.6. The predicted molar refractivity (Wildman–Crippen MR) is 110 cm³/mol. The average molecular weight is 398 g/mol.